The van der Waals surface area contributed by atoms with Crippen molar-refractivity contribution in [3.63, 3.8) is 0 Å². The predicted octanol–water partition coefficient (Wildman–Crippen LogP) is 2.69. The Balaban J connectivity index is 1.13. The highest BCUT2D eigenvalue weighted by Crippen LogP contribution is 2.33. The van der Waals surface area contributed by atoms with Gasteiger partial charge in [-0.3, -0.25) is 4.79 Å². The smallest absolute Gasteiger partial charge is 0.315 e. The Morgan fingerprint density at radius 2 is 2.18 bits per heavy atom. The molecule has 0 aliphatic carbocycles. The third kappa shape index (κ3) is 4.27. The third-order valence-electron chi connectivity index (χ3n) is 5.53. The highest BCUT2D eigenvalue weighted by molar-refractivity contribution is 8.00. The van der Waals surface area contributed by atoms with Crippen molar-refractivity contribution < 1.29 is 14.0 Å². The zero-order valence-electron chi connectivity index (χ0n) is 15.6. The molecule has 2 fully saturated rings. The van der Waals surface area contributed by atoms with Gasteiger partial charge in [-0.05, 0) is 43.0 Å². The lowest BCUT2D eigenvalue weighted by molar-refractivity contribution is -0.121. The van der Waals surface area contributed by atoms with Gasteiger partial charge >= 0.3 is 6.03 Å². The van der Waals surface area contributed by atoms with E-state index in [0.717, 1.165) is 41.5 Å². The van der Waals surface area contributed by atoms with Gasteiger partial charge in [0.1, 0.15) is 5.82 Å². The molecular formula is C20H25FN4O2S. The van der Waals surface area contributed by atoms with Crippen LogP contribution < -0.4 is 16.0 Å². The highest BCUT2D eigenvalue weighted by atomic mass is 32.2. The number of benzene rings is 1. The summed E-state index contributed by atoms with van der Waals surface area (Å²) < 4.78 is 13.4. The summed E-state index contributed by atoms with van der Waals surface area (Å²) >= 11 is 1.90. The first-order chi connectivity index (χ1) is 13.6. The quantitative estimate of drug-likeness (QED) is 0.403. The highest BCUT2D eigenvalue weighted by Gasteiger charge is 2.42. The maximum Gasteiger partial charge on any atom is 0.315 e. The number of fused-ring (bicyclic) bond motifs is 2. The Labute approximate surface area is 167 Å². The molecule has 4 rings (SSSR count). The number of rotatable bonds is 8. The molecule has 3 heterocycles. The van der Waals surface area contributed by atoms with Crippen LogP contribution in [-0.4, -0.2) is 46.6 Å². The van der Waals surface area contributed by atoms with E-state index in [1.54, 1.807) is 6.07 Å². The minimum atomic E-state index is -0.253. The summed E-state index contributed by atoms with van der Waals surface area (Å²) in [6.45, 7) is 0.544. The van der Waals surface area contributed by atoms with E-state index in [2.05, 4.69) is 20.9 Å². The first-order valence-corrected chi connectivity index (χ1v) is 10.9. The second-order valence-electron chi connectivity index (χ2n) is 7.47. The molecule has 6 nitrogen and oxygen atoms in total. The van der Waals surface area contributed by atoms with E-state index >= 15 is 0 Å². The Morgan fingerprint density at radius 3 is 3.07 bits per heavy atom. The zero-order chi connectivity index (χ0) is 19.5. The van der Waals surface area contributed by atoms with Crippen LogP contribution in [0.3, 0.4) is 0 Å². The second kappa shape index (κ2) is 8.43. The first kappa shape index (κ1) is 19.1. The molecule has 3 unspecified atom stereocenters. The summed E-state index contributed by atoms with van der Waals surface area (Å²) in [6.07, 6.45) is 5.90. The lowest BCUT2D eigenvalue weighted by Gasteiger charge is -2.16. The van der Waals surface area contributed by atoms with Crippen molar-refractivity contribution in [1.29, 1.82) is 0 Å². The second-order valence-corrected chi connectivity index (χ2v) is 8.74. The van der Waals surface area contributed by atoms with Gasteiger partial charge in [-0.1, -0.05) is 6.42 Å². The maximum absolute atomic E-state index is 13.4. The van der Waals surface area contributed by atoms with Gasteiger partial charge in [0.05, 0.1) is 12.1 Å². The van der Waals surface area contributed by atoms with Crippen molar-refractivity contribution in [1.82, 2.24) is 20.9 Å². The van der Waals surface area contributed by atoms with E-state index in [-0.39, 0.29) is 29.8 Å². The van der Waals surface area contributed by atoms with Crippen molar-refractivity contribution >= 4 is 34.6 Å². The van der Waals surface area contributed by atoms with Gasteiger partial charge in [0.25, 0.3) is 0 Å². The van der Waals surface area contributed by atoms with Crippen LogP contribution in [0.15, 0.2) is 24.4 Å². The van der Waals surface area contributed by atoms with Gasteiger partial charge in [0, 0.05) is 41.1 Å². The number of amides is 3. The number of urea groups is 1. The average Bonchev–Trinajstić information content (AvgIpc) is 3.34. The summed E-state index contributed by atoms with van der Waals surface area (Å²) in [5, 5.41) is 10.2. The fraction of sp³-hybridized carbons (Fsp3) is 0.500. The van der Waals surface area contributed by atoms with Crippen molar-refractivity contribution in [2.45, 2.75) is 49.4 Å². The van der Waals surface area contributed by atoms with E-state index in [9.17, 15) is 14.0 Å². The molecule has 3 amide bonds. The molecule has 150 valence electrons. The van der Waals surface area contributed by atoms with E-state index in [1.165, 1.54) is 12.1 Å². The lowest BCUT2D eigenvalue weighted by atomic mass is 10.0. The number of halogens is 1. The number of hydrogen-bond acceptors (Lipinski definition) is 3. The molecule has 0 spiro atoms. The van der Waals surface area contributed by atoms with Crippen LogP contribution in [0.5, 0.6) is 0 Å². The van der Waals surface area contributed by atoms with Crippen LogP contribution in [0.1, 0.15) is 31.2 Å². The number of hydrogen-bond donors (Lipinski definition) is 4. The molecule has 4 N–H and O–H groups in total. The van der Waals surface area contributed by atoms with Crippen LogP contribution >= 0.6 is 11.8 Å². The topological polar surface area (TPSA) is 86.0 Å². The molecule has 1 aromatic carbocycles. The van der Waals surface area contributed by atoms with Gasteiger partial charge in [-0.15, -0.1) is 0 Å². The zero-order valence-corrected chi connectivity index (χ0v) is 16.4. The fourth-order valence-corrected chi connectivity index (χ4v) is 5.60. The Bertz CT molecular complexity index is 871. The summed E-state index contributed by atoms with van der Waals surface area (Å²) in [5.41, 5.74) is 1.92. The number of aromatic nitrogens is 1. The molecule has 2 saturated heterocycles. The molecule has 2 aliphatic heterocycles. The summed E-state index contributed by atoms with van der Waals surface area (Å²) in [7, 11) is 0. The molecule has 0 bridgehead atoms. The molecule has 2 aliphatic rings. The number of aromatic amines is 1. The van der Waals surface area contributed by atoms with Crippen molar-refractivity contribution in [3.05, 3.63) is 35.8 Å². The summed E-state index contributed by atoms with van der Waals surface area (Å²) in [6, 6.07) is 5.11. The molecule has 2 aromatic rings. The fourth-order valence-electron chi connectivity index (χ4n) is 4.06. The van der Waals surface area contributed by atoms with Gasteiger partial charge < -0.3 is 20.9 Å². The van der Waals surface area contributed by atoms with Gasteiger partial charge in [-0.2, -0.15) is 11.8 Å². The number of H-pyrrole nitrogens is 1. The molecule has 8 heteroatoms. The largest absolute Gasteiger partial charge is 0.361 e. The Hall–Kier alpha value is -2.22. The molecule has 1 aromatic heterocycles. The number of thioether (sulfide) groups is 1. The van der Waals surface area contributed by atoms with Gasteiger partial charge in [0.2, 0.25) is 5.91 Å². The van der Waals surface area contributed by atoms with E-state index in [1.807, 2.05) is 18.0 Å². The maximum atomic E-state index is 13.4. The predicted molar refractivity (Wildman–Crippen MR) is 109 cm³/mol. The molecule has 0 radical (unpaired) electrons. The van der Waals surface area contributed by atoms with Crippen molar-refractivity contribution in [2.75, 3.05) is 12.3 Å². The van der Waals surface area contributed by atoms with Gasteiger partial charge in [0.15, 0.2) is 0 Å². The van der Waals surface area contributed by atoms with Crippen molar-refractivity contribution in [2.24, 2.45) is 0 Å². The average molecular weight is 405 g/mol. The summed E-state index contributed by atoms with van der Waals surface area (Å²) in [4.78, 5) is 26.6. The summed E-state index contributed by atoms with van der Waals surface area (Å²) in [5.74, 6) is 0.766. The minimum absolute atomic E-state index is 0.0545. The minimum Gasteiger partial charge on any atom is -0.361 e. The molecule has 28 heavy (non-hydrogen) atoms. The monoisotopic (exact) mass is 404 g/mol. The first-order valence-electron chi connectivity index (χ1n) is 9.81. The SMILES string of the molecule is O=C(CCCCC1SCC2NC(=O)NC21)NCCc1c[nH]c2ccc(F)cc12. The number of carbonyl (C=O) groups excluding carboxylic acids is 2. The molecular weight excluding hydrogens is 379 g/mol. The van der Waals surface area contributed by atoms with E-state index in [0.29, 0.717) is 24.6 Å². The van der Waals surface area contributed by atoms with Gasteiger partial charge in [-0.25, -0.2) is 9.18 Å². The van der Waals surface area contributed by atoms with Crippen LogP contribution in [0.2, 0.25) is 0 Å². The van der Waals surface area contributed by atoms with Crippen molar-refractivity contribution in [3.8, 4) is 0 Å². The van der Waals surface area contributed by atoms with Crippen LogP contribution in [0.4, 0.5) is 9.18 Å². The molecule has 3 atom stereocenters. The standard InChI is InChI=1S/C20H25FN4O2S/c21-13-5-6-15-14(9-13)12(10-23-15)7-8-22-18(26)4-2-1-3-17-19-16(11-28-17)24-20(27)25-19/h5-6,9-10,16-17,19,23H,1-4,7-8,11H2,(H,22,26)(H2,24,25,27). The Morgan fingerprint density at radius 1 is 1.29 bits per heavy atom. The van der Waals surface area contributed by atoms with E-state index in [4.69, 9.17) is 0 Å². The van der Waals surface area contributed by atoms with E-state index < -0.39 is 0 Å². The van der Waals surface area contributed by atoms with Crippen LogP contribution in [-0.2, 0) is 11.2 Å². The number of unbranched alkanes of at least 4 members (excludes halogenated alkanes) is 1. The number of carbonyl (C=O) groups is 2. The third-order valence-corrected chi connectivity index (χ3v) is 7.04. The van der Waals surface area contributed by atoms with Crippen LogP contribution in [0, 0.1) is 5.82 Å². The van der Waals surface area contributed by atoms with Crippen LogP contribution in [0.25, 0.3) is 10.9 Å². The number of nitrogens with one attached hydrogen (secondary N) is 4. The Kier molecular flexibility index (Phi) is 5.75. The molecule has 0 saturated carbocycles. The normalized spacial score (nSPS) is 23.5. The lowest BCUT2D eigenvalue weighted by Crippen LogP contribution is -2.36.